The van der Waals surface area contributed by atoms with Gasteiger partial charge >= 0.3 is 0 Å². The second-order valence-electron chi connectivity index (χ2n) is 8.60. The third-order valence-electron chi connectivity index (χ3n) is 6.41. The zero-order chi connectivity index (χ0) is 24.4. The molecule has 1 aliphatic rings. The number of carbonyl (C=O) groups excluding carboxylic acids is 2. The van der Waals surface area contributed by atoms with Crippen LogP contribution >= 0.6 is 11.3 Å². The summed E-state index contributed by atoms with van der Waals surface area (Å²) >= 11 is 1.44. The van der Waals surface area contributed by atoms with Crippen molar-refractivity contribution in [2.75, 3.05) is 12.0 Å². The Hall–Kier alpha value is -3.90. The van der Waals surface area contributed by atoms with Gasteiger partial charge in [0.2, 0.25) is 0 Å². The van der Waals surface area contributed by atoms with Crippen LogP contribution in [0.1, 0.15) is 45.0 Å². The van der Waals surface area contributed by atoms with Crippen LogP contribution in [-0.4, -0.2) is 25.0 Å². The maximum absolute atomic E-state index is 13.5. The van der Waals surface area contributed by atoms with Gasteiger partial charge in [0.05, 0.1) is 18.0 Å². The molecule has 0 radical (unpaired) electrons. The Labute approximate surface area is 209 Å². The number of hydrogen-bond donors (Lipinski definition) is 1. The maximum Gasteiger partial charge on any atom is 0.262 e. The predicted molar refractivity (Wildman–Crippen MR) is 140 cm³/mol. The number of thiophene rings is 1. The SMILES string of the molecule is COc1ccc(C(=O)N2c3ccccc3C(NC(=O)c3sccc3-c3ccccc3)CC2C)cc1. The molecule has 0 aliphatic carbocycles. The van der Waals surface area contributed by atoms with Crippen molar-refractivity contribution in [3.63, 3.8) is 0 Å². The van der Waals surface area contributed by atoms with Crippen molar-refractivity contribution >= 4 is 28.8 Å². The van der Waals surface area contributed by atoms with Gasteiger partial charge in [0.25, 0.3) is 11.8 Å². The highest BCUT2D eigenvalue weighted by Gasteiger charge is 2.35. The Morgan fingerprint density at radius 1 is 0.943 bits per heavy atom. The molecular formula is C29H26N2O3S. The van der Waals surface area contributed by atoms with Crippen molar-refractivity contribution in [3.8, 4) is 16.9 Å². The maximum atomic E-state index is 13.5. The molecule has 2 heterocycles. The highest BCUT2D eigenvalue weighted by Crippen LogP contribution is 2.38. The van der Waals surface area contributed by atoms with Crippen LogP contribution in [0.5, 0.6) is 5.75 Å². The second-order valence-corrected chi connectivity index (χ2v) is 9.52. The molecule has 0 bridgehead atoms. The van der Waals surface area contributed by atoms with Crippen molar-refractivity contribution in [3.05, 3.63) is 106 Å². The van der Waals surface area contributed by atoms with Gasteiger partial charge in [-0.1, -0.05) is 48.5 Å². The highest BCUT2D eigenvalue weighted by molar-refractivity contribution is 7.12. The summed E-state index contributed by atoms with van der Waals surface area (Å²) in [5.74, 6) is 0.544. The van der Waals surface area contributed by atoms with E-state index in [0.717, 1.165) is 22.4 Å². The molecule has 2 atom stereocenters. The third-order valence-corrected chi connectivity index (χ3v) is 7.32. The summed E-state index contributed by atoms with van der Waals surface area (Å²) in [6.07, 6.45) is 0.622. The number of nitrogens with zero attached hydrogens (tertiary/aromatic N) is 1. The fourth-order valence-corrected chi connectivity index (χ4v) is 5.50. The molecule has 0 fully saturated rings. The van der Waals surface area contributed by atoms with Crippen molar-refractivity contribution in [1.82, 2.24) is 5.32 Å². The number of amides is 2. The molecule has 1 aromatic heterocycles. The largest absolute Gasteiger partial charge is 0.497 e. The smallest absolute Gasteiger partial charge is 0.262 e. The number of para-hydroxylation sites is 1. The minimum atomic E-state index is -0.195. The standard InChI is InChI=1S/C29H26N2O3S/c1-19-18-25(30-28(32)27-23(16-17-35-27)20-8-4-3-5-9-20)24-10-6-7-11-26(24)31(19)29(33)21-12-14-22(34-2)15-13-21/h3-17,19,25H,18H2,1-2H3,(H,30,32). The normalized spacial score (nSPS) is 16.9. The summed E-state index contributed by atoms with van der Waals surface area (Å²) in [5, 5.41) is 5.20. The van der Waals surface area contributed by atoms with Gasteiger partial charge in [-0.3, -0.25) is 9.59 Å². The molecule has 4 aromatic rings. The molecule has 0 saturated heterocycles. The monoisotopic (exact) mass is 482 g/mol. The van der Waals surface area contributed by atoms with Crippen LogP contribution in [0.4, 0.5) is 5.69 Å². The van der Waals surface area contributed by atoms with Crippen LogP contribution in [0.3, 0.4) is 0 Å². The summed E-state index contributed by atoms with van der Waals surface area (Å²) in [7, 11) is 1.60. The zero-order valence-electron chi connectivity index (χ0n) is 19.6. The lowest BCUT2D eigenvalue weighted by molar-refractivity contribution is 0.0933. The number of fused-ring (bicyclic) bond motifs is 1. The lowest BCUT2D eigenvalue weighted by Gasteiger charge is -2.39. The number of hydrogen-bond acceptors (Lipinski definition) is 4. The van der Waals surface area contributed by atoms with Gasteiger partial charge in [-0.05, 0) is 66.2 Å². The molecule has 1 N–H and O–H groups in total. The van der Waals surface area contributed by atoms with Crippen LogP contribution in [0, 0.1) is 0 Å². The number of carbonyl (C=O) groups is 2. The number of ether oxygens (including phenoxy) is 1. The molecule has 35 heavy (non-hydrogen) atoms. The van der Waals surface area contributed by atoms with E-state index in [9.17, 15) is 9.59 Å². The quantitative estimate of drug-likeness (QED) is 0.361. The Morgan fingerprint density at radius 2 is 1.66 bits per heavy atom. The first kappa shape index (κ1) is 22.9. The molecule has 5 nitrogen and oxygen atoms in total. The summed E-state index contributed by atoms with van der Waals surface area (Å²) in [5.41, 5.74) is 4.32. The van der Waals surface area contributed by atoms with E-state index in [-0.39, 0.29) is 23.9 Å². The summed E-state index contributed by atoms with van der Waals surface area (Å²) in [6.45, 7) is 2.02. The molecule has 2 unspecified atom stereocenters. The fraction of sp³-hybridized carbons (Fsp3) is 0.172. The van der Waals surface area contributed by atoms with Crippen LogP contribution in [0.2, 0.25) is 0 Å². The van der Waals surface area contributed by atoms with Crippen molar-refractivity contribution < 1.29 is 14.3 Å². The van der Waals surface area contributed by atoms with Gasteiger partial charge in [-0.2, -0.15) is 0 Å². The van der Waals surface area contributed by atoms with Crippen LogP contribution in [-0.2, 0) is 0 Å². The summed E-state index contributed by atoms with van der Waals surface area (Å²) < 4.78 is 5.23. The first-order chi connectivity index (χ1) is 17.1. The lowest BCUT2D eigenvalue weighted by Crippen LogP contribution is -2.46. The number of nitrogens with one attached hydrogen (secondary N) is 1. The van der Waals surface area contributed by atoms with Crippen LogP contribution in [0.25, 0.3) is 11.1 Å². The number of anilines is 1. The van der Waals surface area contributed by atoms with E-state index < -0.39 is 0 Å². The van der Waals surface area contributed by atoms with Gasteiger partial charge in [-0.25, -0.2) is 0 Å². The fourth-order valence-electron chi connectivity index (χ4n) is 4.69. The average Bonchev–Trinajstić information content (AvgIpc) is 3.39. The van der Waals surface area contributed by atoms with Crippen LogP contribution in [0.15, 0.2) is 90.3 Å². The van der Waals surface area contributed by atoms with E-state index in [2.05, 4.69) is 5.32 Å². The van der Waals surface area contributed by atoms with Gasteiger partial charge in [-0.15, -0.1) is 11.3 Å². The highest BCUT2D eigenvalue weighted by atomic mass is 32.1. The summed E-state index contributed by atoms with van der Waals surface area (Å²) in [6, 6.07) is 26.6. The van der Waals surface area contributed by atoms with E-state index in [0.29, 0.717) is 22.6 Å². The van der Waals surface area contributed by atoms with Crippen molar-refractivity contribution in [2.45, 2.75) is 25.4 Å². The van der Waals surface area contributed by atoms with Crippen molar-refractivity contribution in [1.29, 1.82) is 0 Å². The molecule has 2 amide bonds. The minimum Gasteiger partial charge on any atom is -0.497 e. The molecule has 176 valence electrons. The van der Waals surface area contributed by atoms with E-state index in [1.165, 1.54) is 11.3 Å². The third kappa shape index (κ3) is 4.45. The second kappa shape index (κ2) is 9.76. The Balaban J connectivity index is 1.42. The van der Waals surface area contributed by atoms with Crippen molar-refractivity contribution in [2.24, 2.45) is 0 Å². The Morgan fingerprint density at radius 3 is 2.40 bits per heavy atom. The topological polar surface area (TPSA) is 58.6 Å². The molecule has 5 rings (SSSR count). The van der Waals surface area contributed by atoms with Gasteiger partial charge in [0.15, 0.2) is 0 Å². The molecule has 6 heteroatoms. The molecular weight excluding hydrogens is 456 g/mol. The summed E-state index contributed by atoms with van der Waals surface area (Å²) in [4.78, 5) is 29.4. The Kier molecular flexibility index (Phi) is 6.38. The van der Waals surface area contributed by atoms with Gasteiger partial charge in [0.1, 0.15) is 5.75 Å². The zero-order valence-corrected chi connectivity index (χ0v) is 20.4. The molecule has 3 aromatic carbocycles. The van der Waals surface area contributed by atoms with Gasteiger partial charge < -0.3 is 15.0 Å². The Bertz CT molecular complexity index is 1350. The number of rotatable bonds is 5. The molecule has 1 aliphatic heterocycles. The van der Waals surface area contributed by atoms with E-state index in [1.54, 1.807) is 31.4 Å². The van der Waals surface area contributed by atoms with Crippen LogP contribution < -0.4 is 15.0 Å². The number of benzene rings is 3. The predicted octanol–water partition coefficient (Wildman–Crippen LogP) is 6.33. The first-order valence-corrected chi connectivity index (χ1v) is 12.4. The van der Waals surface area contributed by atoms with Gasteiger partial charge in [0, 0.05) is 22.9 Å². The van der Waals surface area contributed by atoms with E-state index in [4.69, 9.17) is 4.74 Å². The molecule has 0 saturated carbocycles. The first-order valence-electron chi connectivity index (χ1n) is 11.6. The number of methoxy groups -OCH3 is 1. The molecule has 0 spiro atoms. The minimum absolute atomic E-state index is 0.0676. The lowest BCUT2D eigenvalue weighted by atomic mass is 9.90. The average molecular weight is 483 g/mol. The van der Waals surface area contributed by atoms with E-state index in [1.807, 2.05) is 77.9 Å². The van der Waals surface area contributed by atoms with E-state index >= 15 is 0 Å².